The smallest absolute Gasteiger partial charge is 0.230 e. The Morgan fingerprint density at radius 2 is 1.87 bits per heavy atom. The molecule has 0 amide bonds. The molecule has 5 rings (SSSR count). The fourth-order valence-corrected chi connectivity index (χ4v) is 4.25. The van der Waals surface area contributed by atoms with Crippen molar-refractivity contribution >= 4 is 10.9 Å². The minimum atomic E-state index is -0.0254. The summed E-state index contributed by atoms with van der Waals surface area (Å²) in [6.07, 6.45) is 8.37. The van der Waals surface area contributed by atoms with Crippen LogP contribution in [0.25, 0.3) is 22.0 Å². The van der Waals surface area contributed by atoms with Gasteiger partial charge < -0.3 is 9.47 Å². The van der Waals surface area contributed by atoms with Crippen molar-refractivity contribution in [3.63, 3.8) is 0 Å². The summed E-state index contributed by atoms with van der Waals surface area (Å²) < 4.78 is 14.0. The zero-order valence-electron chi connectivity index (χ0n) is 18.0. The van der Waals surface area contributed by atoms with Gasteiger partial charge in [0.1, 0.15) is 12.1 Å². The molecule has 1 aliphatic rings. The van der Waals surface area contributed by atoms with E-state index < -0.39 is 0 Å². The first-order valence-corrected chi connectivity index (χ1v) is 10.6. The maximum atomic E-state index is 6.19. The summed E-state index contributed by atoms with van der Waals surface area (Å²) in [6, 6.07) is 8.01. The van der Waals surface area contributed by atoms with Crippen molar-refractivity contribution in [2.24, 2.45) is 0 Å². The summed E-state index contributed by atoms with van der Waals surface area (Å²) in [4.78, 5) is 13.2. The lowest BCUT2D eigenvalue weighted by Gasteiger charge is -2.23. The highest BCUT2D eigenvalue weighted by atomic mass is 16.5. The van der Waals surface area contributed by atoms with E-state index in [2.05, 4.69) is 33.0 Å². The van der Waals surface area contributed by atoms with Gasteiger partial charge in [0.25, 0.3) is 0 Å². The van der Waals surface area contributed by atoms with Gasteiger partial charge in [-0.25, -0.2) is 19.6 Å². The van der Waals surface area contributed by atoms with Gasteiger partial charge in [0.15, 0.2) is 6.23 Å². The third kappa shape index (κ3) is 3.65. The average molecular weight is 415 g/mol. The zero-order valence-corrected chi connectivity index (χ0v) is 18.0. The Hall–Kier alpha value is -3.32. The van der Waals surface area contributed by atoms with Gasteiger partial charge in [0.05, 0.1) is 17.1 Å². The van der Waals surface area contributed by atoms with E-state index in [-0.39, 0.29) is 6.23 Å². The molecule has 4 aromatic rings. The first kappa shape index (κ1) is 19.6. The van der Waals surface area contributed by atoms with E-state index in [1.165, 1.54) is 0 Å². The summed E-state index contributed by atoms with van der Waals surface area (Å²) in [5.74, 6) is 1.28. The largest absolute Gasteiger partial charge is 0.438 e. The fourth-order valence-electron chi connectivity index (χ4n) is 4.25. The van der Waals surface area contributed by atoms with E-state index in [0.717, 1.165) is 70.6 Å². The van der Waals surface area contributed by atoms with E-state index in [9.17, 15) is 0 Å². The van der Waals surface area contributed by atoms with Crippen LogP contribution in [-0.4, -0.2) is 31.3 Å². The van der Waals surface area contributed by atoms with Crippen molar-refractivity contribution in [3.05, 3.63) is 59.9 Å². The van der Waals surface area contributed by atoms with Gasteiger partial charge in [0.2, 0.25) is 5.88 Å². The van der Waals surface area contributed by atoms with Crippen LogP contribution in [0.3, 0.4) is 0 Å². The quantitative estimate of drug-likeness (QED) is 0.450. The van der Waals surface area contributed by atoms with Crippen molar-refractivity contribution in [2.45, 2.75) is 46.3 Å². The molecule has 0 aliphatic carbocycles. The van der Waals surface area contributed by atoms with Crippen molar-refractivity contribution in [3.8, 4) is 22.8 Å². The van der Waals surface area contributed by atoms with Gasteiger partial charge in [-0.05, 0) is 69.4 Å². The molecule has 1 aromatic carbocycles. The van der Waals surface area contributed by atoms with Gasteiger partial charge in [0, 0.05) is 29.8 Å². The normalized spacial score (nSPS) is 16.5. The van der Waals surface area contributed by atoms with E-state index in [0.29, 0.717) is 5.88 Å². The molecule has 1 aliphatic heterocycles. The molecule has 0 bridgehead atoms. The van der Waals surface area contributed by atoms with Crippen LogP contribution in [0.1, 0.15) is 42.4 Å². The first-order chi connectivity index (χ1) is 15.1. The predicted molar refractivity (Wildman–Crippen MR) is 118 cm³/mol. The van der Waals surface area contributed by atoms with E-state index in [1.807, 2.05) is 42.9 Å². The summed E-state index contributed by atoms with van der Waals surface area (Å²) in [7, 11) is 0. The van der Waals surface area contributed by atoms with Crippen molar-refractivity contribution in [2.75, 3.05) is 6.61 Å². The number of pyridine rings is 1. The molecule has 7 heteroatoms. The Morgan fingerprint density at radius 3 is 2.61 bits per heavy atom. The molecule has 0 saturated carbocycles. The molecule has 0 spiro atoms. The van der Waals surface area contributed by atoms with Crippen molar-refractivity contribution in [1.82, 2.24) is 24.7 Å². The number of hydrogen-bond donors (Lipinski definition) is 0. The van der Waals surface area contributed by atoms with Crippen LogP contribution in [0.2, 0.25) is 0 Å². The number of rotatable bonds is 4. The highest BCUT2D eigenvalue weighted by molar-refractivity contribution is 5.83. The molecular formula is C24H25N5O2. The van der Waals surface area contributed by atoms with Crippen molar-refractivity contribution < 1.29 is 9.47 Å². The summed E-state index contributed by atoms with van der Waals surface area (Å²) in [5.41, 5.74) is 6.17. The van der Waals surface area contributed by atoms with Crippen LogP contribution in [0.15, 0.2) is 43.0 Å². The molecule has 1 fully saturated rings. The molecule has 1 unspecified atom stereocenters. The molecule has 7 nitrogen and oxygen atoms in total. The van der Waals surface area contributed by atoms with Crippen LogP contribution in [0.4, 0.5) is 0 Å². The Labute approximate surface area is 181 Å². The standard InChI is InChI=1S/C24H25N5O2/c1-15-12-18(7-8-19(15)23-16(2)26-14-27-17(23)3)31-24-20-13-28-29(21(20)9-10-25-24)22-6-4-5-11-30-22/h7-10,12-14,22H,4-6,11H2,1-3H3. The van der Waals surface area contributed by atoms with Crippen LogP contribution in [0, 0.1) is 20.8 Å². The minimum absolute atomic E-state index is 0.0254. The number of nitrogens with zero attached hydrogens (tertiary/aromatic N) is 5. The first-order valence-electron chi connectivity index (χ1n) is 10.6. The minimum Gasteiger partial charge on any atom is -0.438 e. The van der Waals surface area contributed by atoms with Gasteiger partial charge >= 0.3 is 0 Å². The molecule has 0 radical (unpaired) electrons. The highest BCUT2D eigenvalue weighted by Gasteiger charge is 2.20. The molecule has 1 atom stereocenters. The lowest BCUT2D eigenvalue weighted by Crippen LogP contribution is -2.18. The monoisotopic (exact) mass is 415 g/mol. The van der Waals surface area contributed by atoms with E-state index in [1.54, 1.807) is 12.5 Å². The number of fused-ring (bicyclic) bond motifs is 1. The van der Waals surface area contributed by atoms with Gasteiger partial charge in [-0.2, -0.15) is 5.10 Å². The van der Waals surface area contributed by atoms with Gasteiger partial charge in [-0.3, -0.25) is 0 Å². The third-order valence-corrected chi connectivity index (χ3v) is 5.83. The second-order valence-corrected chi connectivity index (χ2v) is 7.96. The van der Waals surface area contributed by atoms with E-state index in [4.69, 9.17) is 9.47 Å². The number of hydrogen-bond acceptors (Lipinski definition) is 6. The lowest BCUT2D eigenvalue weighted by molar-refractivity contribution is -0.0366. The van der Waals surface area contributed by atoms with Gasteiger partial charge in [-0.1, -0.05) is 6.07 Å². The molecule has 158 valence electrons. The molecule has 0 N–H and O–H groups in total. The number of ether oxygens (including phenoxy) is 2. The fraction of sp³-hybridized carbons (Fsp3) is 0.333. The Morgan fingerprint density at radius 1 is 1.03 bits per heavy atom. The average Bonchev–Trinajstić information content (AvgIpc) is 3.21. The Balaban J connectivity index is 1.46. The van der Waals surface area contributed by atoms with Gasteiger partial charge in [-0.15, -0.1) is 0 Å². The number of aromatic nitrogens is 5. The molecule has 4 heterocycles. The van der Waals surface area contributed by atoms with E-state index >= 15 is 0 Å². The summed E-state index contributed by atoms with van der Waals surface area (Å²) in [5, 5.41) is 5.45. The number of benzene rings is 1. The summed E-state index contributed by atoms with van der Waals surface area (Å²) >= 11 is 0. The Kier molecular flexibility index (Phi) is 5.11. The Bertz CT molecular complexity index is 1220. The topological polar surface area (TPSA) is 75.0 Å². The second-order valence-electron chi connectivity index (χ2n) is 7.96. The van der Waals surface area contributed by atoms with Crippen LogP contribution < -0.4 is 4.74 Å². The SMILES string of the molecule is Cc1cc(Oc2nccc3c2cnn3C2CCCCO2)ccc1-c1c(C)ncnc1C. The van der Waals surface area contributed by atoms with Crippen molar-refractivity contribution in [1.29, 1.82) is 0 Å². The van der Waals surface area contributed by atoms with Crippen LogP contribution >= 0.6 is 0 Å². The lowest BCUT2D eigenvalue weighted by atomic mass is 9.98. The second kappa shape index (κ2) is 8.07. The van der Waals surface area contributed by atoms with Crippen LogP contribution in [-0.2, 0) is 4.74 Å². The summed E-state index contributed by atoms with van der Waals surface area (Å²) in [6.45, 7) is 6.86. The maximum absolute atomic E-state index is 6.19. The maximum Gasteiger partial charge on any atom is 0.230 e. The highest BCUT2D eigenvalue weighted by Crippen LogP contribution is 2.34. The van der Waals surface area contributed by atoms with Crippen LogP contribution in [0.5, 0.6) is 11.6 Å². The number of aryl methyl sites for hydroxylation is 3. The molecular weight excluding hydrogens is 390 g/mol. The molecule has 3 aromatic heterocycles. The predicted octanol–water partition coefficient (Wildman–Crippen LogP) is 5.30. The zero-order chi connectivity index (χ0) is 21.4. The molecule has 31 heavy (non-hydrogen) atoms. The third-order valence-electron chi connectivity index (χ3n) is 5.83. The molecule has 1 saturated heterocycles.